The van der Waals surface area contributed by atoms with Crippen molar-refractivity contribution < 1.29 is 57.0 Å². The molecule has 0 heterocycles. The average molecular weight is 771 g/mol. The molecule has 46 heavy (non-hydrogen) atoms. The van der Waals surface area contributed by atoms with Crippen molar-refractivity contribution in [2.24, 2.45) is 0 Å². The first-order chi connectivity index (χ1) is 22.0. The molecule has 0 aromatic carbocycles. The van der Waals surface area contributed by atoms with Crippen LogP contribution in [-0.4, -0.2) is 116 Å². The molecule has 0 aliphatic carbocycles. The zero-order chi connectivity index (χ0) is 34.7. The summed E-state index contributed by atoms with van der Waals surface area (Å²) in [4.78, 5) is 39.9. The van der Waals surface area contributed by atoms with Gasteiger partial charge in [-0.15, -0.1) is 0 Å². The van der Waals surface area contributed by atoms with Crippen molar-refractivity contribution >= 4 is 37.7 Å². The summed E-state index contributed by atoms with van der Waals surface area (Å²) in [7, 11) is 0. The monoisotopic (exact) mass is 771 g/mol. The summed E-state index contributed by atoms with van der Waals surface area (Å²) in [6.07, 6.45) is 3.56. The molecule has 0 bridgehead atoms. The quantitative estimate of drug-likeness (QED) is 0.0287. The Morgan fingerprint density at radius 1 is 0.435 bits per heavy atom. The molecule has 0 spiro atoms. The van der Waals surface area contributed by atoms with Crippen LogP contribution in [0.25, 0.3) is 0 Å². The van der Waals surface area contributed by atoms with Gasteiger partial charge in [-0.2, -0.15) is 0 Å². The molecule has 0 radical (unpaired) electrons. The van der Waals surface area contributed by atoms with Crippen LogP contribution in [0.2, 0.25) is 11.8 Å². The molecule has 0 rings (SSSR count). The van der Waals surface area contributed by atoms with Crippen LogP contribution in [-0.2, 0) is 57.0 Å². The van der Waals surface area contributed by atoms with E-state index in [1.807, 2.05) is 0 Å². The molecule has 0 fully saturated rings. The van der Waals surface area contributed by atoms with E-state index in [4.69, 9.17) is 42.6 Å². The molecule has 13 heteroatoms. The summed E-state index contributed by atoms with van der Waals surface area (Å²) >= 11 is -3.44. The number of carbonyl (C=O) groups excluding carboxylic acids is 3. The van der Waals surface area contributed by atoms with E-state index >= 15 is 0 Å². The van der Waals surface area contributed by atoms with Crippen LogP contribution in [0.4, 0.5) is 0 Å². The first-order valence-electron chi connectivity index (χ1n) is 17.1. The second-order valence-electron chi connectivity index (χ2n) is 11.2. The number of hydrogen-bond acceptors (Lipinski definition) is 12. The van der Waals surface area contributed by atoms with Crippen LogP contribution in [0.1, 0.15) is 101 Å². The Labute approximate surface area is 284 Å². The minimum absolute atomic E-state index is 0.271. The Morgan fingerprint density at radius 3 is 0.935 bits per heavy atom. The van der Waals surface area contributed by atoms with E-state index in [-0.39, 0.29) is 19.8 Å². The normalized spacial score (nSPS) is 15.3. The molecule has 6 atom stereocenters. The van der Waals surface area contributed by atoms with Crippen molar-refractivity contribution in [2.45, 2.75) is 132 Å². The minimum atomic E-state index is -3.44. The van der Waals surface area contributed by atoms with E-state index in [9.17, 15) is 14.4 Å². The standard InChI is InChI=1S/3C11H21O4.Sn/c3*1-4-6-7-13-8-9-14-10(3)15-11(12)5-2;/h3*5,10H,4,6-9H2,1-3H3;/q;;;+1. The molecule has 0 amide bonds. The first kappa shape index (κ1) is 45.0. The van der Waals surface area contributed by atoms with Gasteiger partial charge in [-0.25, -0.2) is 0 Å². The van der Waals surface area contributed by atoms with Gasteiger partial charge in [0.1, 0.15) is 0 Å². The number of esters is 3. The maximum absolute atomic E-state index is 13.3. The van der Waals surface area contributed by atoms with Gasteiger partial charge in [0.15, 0.2) is 0 Å². The fourth-order valence-electron chi connectivity index (χ4n) is 4.30. The Hall–Kier alpha value is -1.03. The van der Waals surface area contributed by atoms with Crippen LogP contribution < -0.4 is 0 Å². The number of ether oxygens (including phenoxy) is 9. The van der Waals surface area contributed by atoms with Crippen molar-refractivity contribution in [1.82, 2.24) is 0 Å². The molecule has 0 aromatic heterocycles. The van der Waals surface area contributed by atoms with Crippen molar-refractivity contribution in [3.05, 3.63) is 0 Å². The van der Waals surface area contributed by atoms with Crippen LogP contribution >= 0.6 is 0 Å². The number of unbranched alkanes of at least 4 members (excludes halogenated alkanes) is 3. The first-order valence-corrected chi connectivity index (χ1v) is 22.0. The Morgan fingerprint density at radius 2 is 0.696 bits per heavy atom. The van der Waals surface area contributed by atoms with Gasteiger partial charge in [0, 0.05) is 0 Å². The van der Waals surface area contributed by atoms with E-state index in [1.165, 1.54) is 0 Å². The topological polar surface area (TPSA) is 134 Å². The van der Waals surface area contributed by atoms with Gasteiger partial charge in [-0.3, -0.25) is 0 Å². The fraction of sp³-hybridized carbons (Fsp3) is 0.909. The van der Waals surface area contributed by atoms with E-state index < -0.39 is 68.3 Å². The molecule has 6 unspecified atom stereocenters. The molecule has 270 valence electrons. The average Bonchev–Trinajstić information content (AvgIpc) is 3.01. The third-order valence-electron chi connectivity index (χ3n) is 7.07. The second-order valence-corrected chi connectivity index (χ2v) is 21.5. The van der Waals surface area contributed by atoms with Gasteiger partial charge in [-0.1, -0.05) is 0 Å². The van der Waals surface area contributed by atoms with Crippen molar-refractivity contribution in [3.8, 4) is 0 Å². The number of hydrogen-bond donors (Lipinski definition) is 0. The van der Waals surface area contributed by atoms with Crippen LogP contribution in [0.3, 0.4) is 0 Å². The van der Waals surface area contributed by atoms with Crippen molar-refractivity contribution in [3.63, 3.8) is 0 Å². The number of rotatable bonds is 30. The summed E-state index contributed by atoms with van der Waals surface area (Å²) in [5, 5.41) is 0. The molecular weight excluding hydrogens is 707 g/mol. The van der Waals surface area contributed by atoms with E-state index in [0.29, 0.717) is 39.6 Å². The predicted octanol–water partition coefficient (Wildman–Crippen LogP) is 5.82. The van der Waals surface area contributed by atoms with Gasteiger partial charge in [0.05, 0.1) is 0 Å². The zero-order valence-electron chi connectivity index (χ0n) is 30.0. The van der Waals surface area contributed by atoms with Crippen molar-refractivity contribution in [2.75, 3.05) is 59.5 Å². The molecular formula is C33H63O12Sn+. The van der Waals surface area contributed by atoms with Crippen LogP contribution in [0.5, 0.6) is 0 Å². The molecule has 0 saturated carbocycles. The molecule has 0 aliphatic heterocycles. The summed E-state index contributed by atoms with van der Waals surface area (Å²) in [6, 6.07) is 0. The van der Waals surface area contributed by atoms with Gasteiger partial charge in [0.2, 0.25) is 0 Å². The maximum atomic E-state index is 13.3. The summed E-state index contributed by atoms with van der Waals surface area (Å²) < 4.78 is 47.9. The Kier molecular flexibility index (Phi) is 28.3. The van der Waals surface area contributed by atoms with Crippen LogP contribution in [0.15, 0.2) is 0 Å². The van der Waals surface area contributed by atoms with E-state index in [1.54, 1.807) is 41.5 Å². The third-order valence-corrected chi connectivity index (χ3v) is 17.7. The van der Waals surface area contributed by atoms with Gasteiger partial charge >= 0.3 is 286 Å². The van der Waals surface area contributed by atoms with E-state index in [2.05, 4.69) is 20.8 Å². The van der Waals surface area contributed by atoms with Gasteiger partial charge < -0.3 is 0 Å². The third kappa shape index (κ3) is 21.8. The van der Waals surface area contributed by atoms with Crippen molar-refractivity contribution in [1.29, 1.82) is 0 Å². The number of carbonyl (C=O) groups is 3. The molecule has 12 nitrogen and oxygen atoms in total. The summed E-state index contributed by atoms with van der Waals surface area (Å²) in [5.74, 6) is -1.60. The Balaban J connectivity index is 5.35. The summed E-state index contributed by atoms with van der Waals surface area (Å²) in [5.41, 5.74) is 0. The SMILES string of the molecule is CCCCOCCOC(C)OC(=O)[CH](C)[Sn+]([CH](C)C(=O)OC(C)OCCOCCCC)[CH](C)C(=O)OC(C)OCCOCCCC. The second kappa shape index (κ2) is 28.9. The fourth-order valence-corrected chi connectivity index (χ4v) is 13.6. The molecule has 0 saturated heterocycles. The van der Waals surface area contributed by atoms with Crippen LogP contribution in [0, 0.1) is 0 Å². The Bertz CT molecular complexity index is 686. The molecule has 0 aliphatic rings. The predicted molar refractivity (Wildman–Crippen MR) is 176 cm³/mol. The van der Waals surface area contributed by atoms with E-state index in [0.717, 1.165) is 38.5 Å². The molecule has 0 N–H and O–H groups in total. The van der Waals surface area contributed by atoms with Gasteiger partial charge in [-0.05, 0) is 0 Å². The molecule has 0 aromatic rings. The van der Waals surface area contributed by atoms with Gasteiger partial charge in [0.25, 0.3) is 0 Å². The summed E-state index contributed by atoms with van der Waals surface area (Å²) in [6.45, 7) is 20.2. The zero-order valence-corrected chi connectivity index (χ0v) is 32.8.